The van der Waals surface area contributed by atoms with Crippen LogP contribution in [0.5, 0.6) is 0 Å². The molecule has 1 fully saturated rings. The minimum atomic E-state index is -0.232. The van der Waals surface area contributed by atoms with Gasteiger partial charge in [0, 0.05) is 10.8 Å². The van der Waals surface area contributed by atoms with E-state index in [2.05, 4.69) is 17.8 Å². The maximum atomic E-state index is 11.8. The number of amides is 2. The predicted octanol–water partition coefficient (Wildman–Crippen LogP) is 2.04. The molecular formula is C13H18N2O2S. The molecule has 1 aliphatic carbocycles. The van der Waals surface area contributed by atoms with Crippen LogP contribution in [0.1, 0.15) is 40.4 Å². The van der Waals surface area contributed by atoms with Gasteiger partial charge in [0.05, 0.1) is 4.88 Å². The second-order valence-electron chi connectivity index (χ2n) is 4.83. The molecule has 0 bridgehead atoms. The van der Waals surface area contributed by atoms with Crippen LogP contribution in [0.3, 0.4) is 0 Å². The predicted molar refractivity (Wildman–Crippen MR) is 71.3 cm³/mol. The summed E-state index contributed by atoms with van der Waals surface area (Å²) < 4.78 is 0. The molecule has 2 N–H and O–H groups in total. The molecule has 5 heteroatoms. The van der Waals surface area contributed by atoms with Crippen molar-refractivity contribution in [2.75, 3.05) is 0 Å². The Morgan fingerprint density at radius 3 is 2.61 bits per heavy atom. The maximum absolute atomic E-state index is 11.8. The zero-order valence-corrected chi connectivity index (χ0v) is 11.7. The van der Waals surface area contributed by atoms with Gasteiger partial charge in [0.25, 0.3) is 5.91 Å². The summed E-state index contributed by atoms with van der Waals surface area (Å²) >= 11 is 1.48. The second-order valence-corrected chi connectivity index (χ2v) is 5.97. The number of nitrogens with one attached hydrogen (secondary N) is 2. The molecule has 2 rings (SSSR count). The van der Waals surface area contributed by atoms with Crippen LogP contribution in [0.15, 0.2) is 6.07 Å². The fraction of sp³-hybridized carbons (Fsp3) is 0.538. The highest BCUT2D eigenvalue weighted by Crippen LogP contribution is 2.37. The molecule has 2 amide bonds. The average Bonchev–Trinajstić information content (AvgIpc) is 2.95. The third-order valence-electron chi connectivity index (χ3n) is 3.31. The highest BCUT2D eigenvalue weighted by molar-refractivity contribution is 7.14. The lowest BCUT2D eigenvalue weighted by Crippen LogP contribution is -2.42. The minimum absolute atomic E-state index is 0.0709. The van der Waals surface area contributed by atoms with Gasteiger partial charge in [-0.3, -0.25) is 20.4 Å². The summed E-state index contributed by atoms with van der Waals surface area (Å²) in [5.74, 6) is 0.198. The number of hydrogen-bond donors (Lipinski definition) is 2. The molecule has 2 unspecified atom stereocenters. The van der Waals surface area contributed by atoms with Crippen molar-refractivity contribution in [1.29, 1.82) is 0 Å². The van der Waals surface area contributed by atoms with E-state index in [1.54, 1.807) is 0 Å². The lowest BCUT2D eigenvalue weighted by molar-refractivity contribution is -0.123. The van der Waals surface area contributed by atoms with Crippen molar-refractivity contribution in [3.05, 3.63) is 21.4 Å². The molecule has 98 valence electrons. The van der Waals surface area contributed by atoms with Crippen molar-refractivity contribution in [2.24, 2.45) is 11.8 Å². The Hall–Kier alpha value is -1.36. The number of rotatable bonds is 3. The Labute approximate surface area is 111 Å². The van der Waals surface area contributed by atoms with Crippen LogP contribution >= 0.6 is 11.3 Å². The van der Waals surface area contributed by atoms with E-state index in [-0.39, 0.29) is 17.7 Å². The average molecular weight is 266 g/mol. The van der Waals surface area contributed by atoms with E-state index < -0.39 is 0 Å². The molecule has 18 heavy (non-hydrogen) atoms. The van der Waals surface area contributed by atoms with E-state index in [0.717, 1.165) is 18.4 Å². The normalized spacial score (nSPS) is 21.5. The maximum Gasteiger partial charge on any atom is 0.279 e. The highest BCUT2D eigenvalue weighted by Gasteiger charge is 2.39. The molecule has 0 radical (unpaired) electrons. The summed E-state index contributed by atoms with van der Waals surface area (Å²) in [6, 6.07) is 1.87. The molecule has 0 saturated heterocycles. The largest absolute Gasteiger partial charge is 0.279 e. The number of aryl methyl sites for hydroxylation is 2. The molecule has 4 nitrogen and oxygen atoms in total. The van der Waals surface area contributed by atoms with E-state index in [9.17, 15) is 9.59 Å². The van der Waals surface area contributed by atoms with Crippen LogP contribution in [0.25, 0.3) is 0 Å². The molecule has 1 saturated carbocycles. The first-order valence-electron chi connectivity index (χ1n) is 6.22. The molecular weight excluding hydrogens is 248 g/mol. The Kier molecular flexibility index (Phi) is 3.71. The van der Waals surface area contributed by atoms with Gasteiger partial charge in [-0.25, -0.2) is 0 Å². The number of thiophene rings is 1. The fourth-order valence-corrected chi connectivity index (χ4v) is 2.95. The highest BCUT2D eigenvalue weighted by atomic mass is 32.1. The summed E-state index contributed by atoms with van der Waals surface area (Å²) in [6.07, 6.45) is 1.84. The summed E-state index contributed by atoms with van der Waals surface area (Å²) in [7, 11) is 0. The number of carbonyl (C=O) groups is 2. The third-order valence-corrected chi connectivity index (χ3v) is 4.69. The van der Waals surface area contributed by atoms with Crippen LogP contribution in [0.4, 0.5) is 0 Å². The molecule has 1 heterocycles. The van der Waals surface area contributed by atoms with E-state index >= 15 is 0 Å². The Bertz CT molecular complexity index is 481. The number of carbonyl (C=O) groups excluding carboxylic acids is 2. The van der Waals surface area contributed by atoms with Gasteiger partial charge < -0.3 is 0 Å². The third kappa shape index (κ3) is 2.72. The van der Waals surface area contributed by atoms with E-state index in [0.29, 0.717) is 10.8 Å². The van der Waals surface area contributed by atoms with Crippen LogP contribution in [-0.4, -0.2) is 11.8 Å². The number of hydrogen-bond acceptors (Lipinski definition) is 3. The zero-order valence-electron chi connectivity index (χ0n) is 10.9. The lowest BCUT2D eigenvalue weighted by atomic mass is 10.2. The number of hydrazine groups is 1. The SMILES string of the molecule is CCc1sc(C(=O)NNC(=O)C2CC2C)cc1C. The van der Waals surface area contributed by atoms with Gasteiger partial charge in [0.2, 0.25) is 5.91 Å². The standard InChI is InChI=1S/C13H18N2O2S/c1-4-10-8(3)6-11(18-10)13(17)15-14-12(16)9-5-7(9)2/h6-7,9H,4-5H2,1-3H3,(H,14,16)(H,15,17). The molecule has 1 aromatic heterocycles. The quantitative estimate of drug-likeness (QED) is 0.822. The van der Waals surface area contributed by atoms with E-state index in [1.807, 2.05) is 19.9 Å². The van der Waals surface area contributed by atoms with Crippen molar-refractivity contribution >= 4 is 23.2 Å². The first kappa shape index (κ1) is 13.1. The fourth-order valence-electron chi connectivity index (χ4n) is 1.94. The molecule has 0 aromatic carbocycles. The summed E-state index contributed by atoms with van der Waals surface area (Å²) in [5, 5.41) is 0. The summed E-state index contributed by atoms with van der Waals surface area (Å²) in [6.45, 7) is 6.09. The van der Waals surface area contributed by atoms with Gasteiger partial charge in [-0.15, -0.1) is 11.3 Å². The van der Waals surface area contributed by atoms with Gasteiger partial charge in [0.1, 0.15) is 0 Å². The molecule has 1 aromatic rings. The van der Waals surface area contributed by atoms with E-state index in [1.165, 1.54) is 16.2 Å². The van der Waals surface area contributed by atoms with Crippen LogP contribution in [-0.2, 0) is 11.2 Å². The minimum Gasteiger partial charge on any atom is -0.273 e. The molecule has 0 spiro atoms. The smallest absolute Gasteiger partial charge is 0.273 e. The molecule has 2 atom stereocenters. The summed E-state index contributed by atoms with van der Waals surface area (Å²) in [4.78, 5) is 25.3. The van der Waals surface area contributed by atoms with Crippen LogP contribution in [0, 0.1) is 18.8 Å². The first-order chi connectivity index (χ1) is 8.52. The van der Waals surface area contributed by atoms with Gasteiger partial charge in [-0.05, 0) is 37.3 Å². The molecule has 1 aliphatic rings. The van der Waals surface area contributed by atoms with Crippen molar-refractivity contribution < 1.29 is 9.59 Å². The van der Waals surface area contributed by atoms with Crippen molar-refractivity contribution in [3.63, 3.8) is 0 Å². The van der Waals surface area contributed by atoms with Crippen molar-refractivity contribution in [1.82, 2.24) is 10.9 Å². The summed E-state index contributed by atoms with van der Waals surface area (Å²) in [5.41, 5.74) is 6.10. The topological polar surface area (TPSA) is 58.2 Å². The van der Waals surface area contributed by atoms with Crippen molar-refractivity contribution in [3.8, 4) is 0 Å². The molecule has 0 aliphatic heterocycles. The lowest BCUT2D eigenvalue weighted by Gasteiger charge is -2.05. The zero-order chi connectivity index (χ0) is 13.3. The second kappa shape index (κ2) is 5.10. The Morgan fingerprint density at radius 2 is 2.11 bits per heavy atom. The Morgan fingerprint density at radius 1 is 1.44 bits per heavy atom. The van der Waals surface area contributed by atoms with Crippen LogP contribution in [0.2, 0.25) is 0 Å². The Balaban J connectivity index is 1.89. The van der Waals surface area contributed by atoms with Gasteiger partial charge in [0.15, 0.2) is 0 Å². The van der Waals surface area contributed by atoms with E-state index in [4.69, 9.17) is 0 Å². The first-order valence-corrected chi connectivity index (χ1v) is 7.04. The van der Waals surface area contributed by atoms with Gasteiger partial charge in [-0.1, -0.05) is 13.8 Å². The van der Waals surface area contributed by atoms with Crippen LogP contribution < -0.4 is 10.9 Å². The van der Waals surface area contributed by atoms with Crippen molar-refractivity contribution in [2.45, 2.75) is 33.6 Å². The monoisotopic (exact) mass is 266 g/mol. The van der Waals surface area contributed by atoms with Gasteiger partial charge in [-0.2, -0.15) is 0 Å². The van der Waals surface area contributed by atoms with Gasteiger partial charge >= 0.3 is 0 Å².